The van der Waals surface area contributed by atoms with Crippen LogP contribution in [0.15, 0.2) is 28.7 Å². The molecule has 1 aromatic carbocycles. The highest BCUT2D eigenvalue weighted by molar-refractivity contribution is 5.86. The van der Waals surface area contributed by atoms with Crippen LogP contribution < -0.4 is 0 Å². The monoisotopic (exact) mass is 258 g/mol. The van der Waals surface area contributed by atoms with Crippen LogP contribution in [0, 0.1) is 0 Å². The van der Waals surface area contributed by atoms with Crippen LogP contribution in [0.25, 0.3) is 16.5 Å². The van der Waals surface area contributed by atoms with E-state index in [0.29, 0.717) is 5.92 Å². The Kier molecular flexibility index (Phi) is 4.11. The van der Waals surface area contributed by atoms with Crippen LogP contribution in [-0.4, -0.2) is 11.7 Å². The summed E-state index contributed by atoms with van der Waals surface area (Å²) in [5, 5.41) is 10.2. The largest absolute Gasteiger partial charge is 0.461 e. The van der Waals surface area contributed by atoms with E-state index in [1.807, 2.05) is 19.1 Å². The Balaban J connectivity index is 2.64. The maximum absolute atomic E-state index is 9.00. The van der Waals surface area contributed by atoms with Crippen molar-refractivity contribution in [3.8, 4) is 0 Å². The lowest BCUT2D eigenvalue weighted by Gasteiger charge is -2.06. The number of hydrogen-bond donors (Lipinski definition) is 1. The summed E-state index contributed by atoms with van der Waals surface area (Å²) in [6.07, 6.45) is 2.75. The molecule has 2 heteroatoms. The molecule has 0 amide bonds. The van der Waals surface area contributed by atoms with Gasteiger partial charge in [-0.2, -0.15) is 0 Å². The quantitative estimate of drug-likeness (QED) is 0.875. The molecule has 0 atom stereocenters. The number of furan rings is 1. The van der Waals surface area contributed by atoms with E-state index in [4.69, 9.17) is 9.52 Å². The molecule has 0 fully saturated rings. The van der Waals surface area contributed by atoms with Gasteiger partial charge < -0.3 is 9.52 Å². The standard InChI is InChI=1S/C17H22O2/c1-5-15-17(11(2)3)14-10-13(12(4)8-9-18)6-7-16(14)19-15/h6-8,10-11,18H,5,9H2,1-4H3/b12-8-. The van der Waals surface area contributed by atoms with Gasteiger partial charge in [0.2, 0.25) is 0 Å². The topological polar surface area (TPSA) is 33.4 Å². The highest BCUT2D eigenvalue weighted by Crippen LogP contribution is 2.33. The Morgan fingerprint density at radius 1 is 1.37 bits per heavy atom. The molecule has 0 spiro atoms. The van der Waals surface area contributed by atoms with Crippen LogP contribution in [0.2, 0.25) is 0 Å². The number of aliphatic hydroxyl groups is 1. The second kappa shape index (κ2) is 5.62. The van der Waals surface area contributed by atoms with Crippen molar-refractivity contribution < 1.29 is 9.52 Å². The van der Waals surface area contributed by atoms with Gasteiger partial charge in [0.1, 0.15) is 11.3 Å². The molecule has 1 aromatic heterocycles. The van der Waals surface area contributed by atoms with Gasteiger partial charge in [0, 0.05) is 17.4 Å². The maximum atomic E-state index is 9.00. The molecule has 19 heavy (non-hydrogen) atoms. The van der Waals surface area contributed by atoms with E-state index in [-0.39, 0.29) is 6.61 Å². The van der Waals surface area contributed by atoms with Crippen molar-refractivity contribution in [3.05, 3.63) is 41.2 Å². The highest BCUT2D eigenvalue weighted by Gasteiger charge is 2.16. The minimum absolute atomic E-state index is 0.0759. The van der Waals surface area contributed by atoms with Gasteiger partial charge in [0.15, 0.2) is 0 Å². The van der Waals surface area contributed by atoms with Gasteiger partial charge in [0.05, 0.1) is 6.61 Å². The van der Waals surface area contributed by atoms with E-state index in [9.17, 15) is 0 Å². The van der Waals surface area contributed by atoms with Crippen LogP contribution >= 0.6 is 0 Å². The number of fused-ring (bicyclic) bond motifs is 1. The molecule has 1 heterocycles. The minimum atomic E-state index is 0.0759. The van der Waals surface area contributed by atoms with Crippen molar-refractivity contribution in [2.24, 2.45) is 0 Å². The number of hydrogen-bond acceptors (Lipinski definition) is 2. The second-order valence-electron chi connectivity index (χ2n) is 5.23. The van der Waals surface area contributed by atoms with Gasteiger partial charge >= 0.3 is 0 Å². The number of aliphatic hydroxyl groups excluding tert-OH is 1. The molecule has 0 unspecified atom stereocenters. The highest BCUT2D eigenvalue weighted by atomic mass is 16.3. The van der Waals surface area contributed by atoms with Crippen molar-refractivity contribution in [2.75, 3.05) is 6.61 Å². The summed E-state index contributed by atoms with van der Waals surface area (Å²) in [4.78, 5) is 0. The van der Waals surface area contributed by atoms with E-state index >= 15 is 0 Å². The third-order valence-electron chi connectivity index (χ3n) is 3.55. The minimum Gasteiger partial charge on any atom is -0.461 e. The third kappa shape index (κ3) is 2.59. The molecular weight excluding hydrogens is 236 g/mol. The average Bonchev–Trinajstić information content (AvgIpc) is 2.76. The molecule has 0 saturated carbocycles. The molecule has 0 aliphatic heterocycles. The van der Waals surface area contributed by atoms with E-state index in [2.05, 4.69) is 32.9 Å². The molecule has 2 rings (SSSR count). The van der Waals surface area contributed by atoms with Gasteiger partial charge in [-0.3, -0.25) is 0 Å². The SMILES string of the molecule is CCc1oc2ccc(/C(C)=C\CO)cc2c1C(C)C. The number of benzene rings is 1. The fourth-order valence-corrected chi connectivity index (χ4v) is 2.56. The van der Waals surface area contributed by atoms with Crippen LogP contribution in [0.4, 0.5) is 0 Å². The fourth-order valence-electron chi connectivity index (χ4n) is 2.56. The van der Waals surface area contributed by atoms with Crippen LogP contribution in [0.1, 0.15) is 50.5 Å². The first-order valence-corrected chi connectivity index (χ1v) is 6.91. The zero-order valence-electron chi connectivity index (χ0n) is 12.2. The Labute approximate surface area is 114 Å². The van der Waals surface area contributed by atoms with Crippen LogP contribution in [0.3, 0.4) is 0 Å². The smallest absolute Gasteiger partial charge is 0.134 e. The molecule has 0 aliphatic carbocycles. The number of rotatable bonds is 4. The predicted molar refractivity (Wildman–Crippen MR) is 80.4 cm³/mol. The first-order valence-electron chi connectivity index (χ1n) is 6.91. The van der Waals surface area contributed by atoms with Crippen molar-refractivity contribution >= 4 is 16.5 Å². The summed E-state index contributed by atoms with van der Waals surface area (Å²) >= 11 is 0. The zero-order valence-corrected chi connectivity index (χ0v) is 12.2. The summed E-state index contributed by atoms with van der Waals surface area (Å²) in [7, 11) is 0. The summed E-state index contributed by atoms with van der Waals surface area (Å²) < 4.78 is 5.94. The molecule has 2 nitrogen and oxygen atoms in total. The molecular formula is C17H22O2. The van der Waals surface area contributed by atoms with Gasteiger partial charge in [0.25, 0.3) is 0 Å². The molecule has 0 saturated heterocycles. The van der Waals surface area contributed by atoms with Gasteiger partial charge in [-0.15, -0.1) is 0 Å². The van der Waals surface area contributed by atoms with Crippen molar-refractivity contribution in [3.63, 3.8) is 0 Å². The van der Waals surface area contributed by atoms with Crippen LogP contribution in [-0.2, 0) is 6.42 Å². The van der Waals surface area contributed by atoms with Gasteiger partial charge in [-0.05, 0) is 36.1 Å². The normalized spacial score (nSPS) is 12.6. The first kappa shape index (κ1) is 13.9. The third-order valence-corrected chi connectivity index (χ3v) is 3.55. The Hall–Kier alpha value is -1.54. The maximum Gasteiger partial charge on any atom is 0.134 e. The lowest BCUT2D eigenvalue weighted by atomic mass is 9.96. The predicted octanol–water partition coefficient (Wildman–Crippen LogP) is 4.51. The van der Waals surface area contributed by atoms with Crippen LogP contribution in [0.5, 0.6) is 0 Å². The van der Waals surface area contributed by atoms with E-state index in [0.717, 1.165) is 28.9 Å². The molecule has 1 N–H and O–H groups in total. The van der Waals surface area contributed by atoms with E-state index in [1.54, 1.807) is 0 Å². The fraction of sp³-hybridized carbons (Fsp3) is 0.412. The van der Waals surface area contributed by atoms with Crippen molar-refractivity contribution in [1.29, 1.82) is 0 Å². The second-order valence-corrected chi connectivity index (χ2v) is 5.23. The lowest BCUT2D eigenvalue weighted by Crippen LogP contribution is -1.91. The average molecular weight is 258 g/mol. The Bertz CT molecular complexity index is 603. The Morgan fingerprint density at radius 2 is 2.11 bits per heavy atom. The lowest BCUT2D eigenvalue weighted by molar-refractivity contribution is 0.343. The summed E-state index contributed by atoms with van der Waals surface area (Å²) in [6.45, 7) is 8.63. The van der Waals surface area contributed by atoms with Gasteiger partial charge in [-0.1, -0.05) is 32.9 Å². The van der Waals surface area contributed by atoms with Crippen molar-refractivity contribution in [2.45, 2.75) is 40.0 Å². The van der Waals surface area contributed by atoms with Crippen molar-refractivity contribution in [1.82, 2.24) is 0 Å². The van der Waals surface area contributed by atoms with E-state index < -0.39 is 0 Å². The van der Waals surface area contributed by atoms with Gasteiger partial charge in [-0.25, -0.2) is 0 Å². The molecule has 102 valence electrons. The number of aryl methyl sites for hydroxylation is 1. The molecule has 0 aliphatic rings. The molecule has 2 aromatic rings. The number of allylic oxidation sites excluding steroid dienone is 1. The zero-order chi connectivity index (χ0) is 14.0. The summed E-state index contributed by atoms with van der Waals surface area (Å²) in [5.41, 5.74) is 4.52. The van der Waals surface area contributed by atoms with E-state index in [1.165, 1.54) is 10.9 Å². The first-order chi connectivity index (χ1) is 9.08. The molecule has 0 bridgehead atoms. The summed E-state index contributed by atoms with van der Waals surface area (Å²) in [6, 6.07) is 6.26. The molecule has 0 radical (unpaired) electrons. The summed E-state index contributed by atoms with van der Waals surface area (Å²) in [5.74, 6) is 1.54. The Morgan fingerprint density at radius 3 is 2.68 bits per heavy atom.